The maximum Gasteiger partial charge on any atom is 0.416 e. The van der Waals surface area contributed by atoms with Crippen molar-refractivity contribution in [2.24, 2.45) is 0 Å². The molecule has 26 heavy (non-hydrogen) atoms. The van der Waals surface area contributed by atoms with Gasteiger partial charge in [-0.25, -0.2) is 0 Å². The largest absolute Gasteiger partial charge is 0.489 e. The number of hydrogen-bond donors (Lipinski definition) is 1. The molecule has 2 aromatic rings. The monoisotopic (exact) mass is 363 g/mol. The lowest BCUT2D eigenvalue weighted by Gasteiger charge is -2.27. The van der Waals surface area contributed by atoms with Gasteiger partial charge < -0.3 is 14.8 Å². The molecule has 1 amide bonds. The zero-order valence-corrected chi connectivity index (χ0v) is 13.7. The average Bonchev–Trinajstić information content (AvgIpc) is 2.62. The number of nitrogens with one attached hydrogen (secondary N) is 1. The van der Waals surface area contributed by atoms with E-state index in [1.807, 2.05) is 6.07 Å². The summed E-state index contributed by atoms with van der Waals surface area (Å²) in [6.07, 6.45) is -2.61. The Kier molecular flexibility index (Phi) is 4.88. The second-order valence-electron chi connectivity index (χ2n) is 5.70. The lowest BCUT2D eigenvalue weighted by Crippen LogP contribution is -2.30. The van der Waals surface area contributed by atoms with Gasteiger partial charge in [-0.2, -0.15) is 13.2 Å². The first kappa shape index (κ1) is 17.8. The van der Waals surface area contributed by atoms with Crippen LogP contribution in [0.1, 0.15) is 23.6 Å². The Morgan fingerprint density at radius 3 is 2.62 bits per heavy atom. The van der Waals surface area contributed by atoms with Crippen LogP contribution in [0.25, 0.3) is 0 Å². The fraction of sp³-hybridized carbons (Fsp3) is 0.211. The third-order valence-electron chi connectivity index (χ3n) is 3.95. The predicted octanol–water partition coefficient (Wildman–Crippen LogP) is 4.62. The van der Waals surface area contributed by atoms with E-state index in [1.54, 1.807) is 12.1 Å². The molecule has 0 bridgehead atoms. The number of halogens is 3. The second-order valence-corrected chi connectivity index (χ2v) is 5.70. The number of amides is 1. The molecule has 1 heterocycles. The predicted molar refractivity (Wildman–Crippen MR) is 89.2 cm³/mol. The van der Waals surface area contributed by atoms with Crippen LogP contribution in [-0.2, 0) is 11.0 Å². The fourth-order valence-electron chi connectivity index (χ4n) is 2.70. The van der Waals surface area contributed by atoms with E-state index >= 15 is 0 Å². The Labute approximate surface area is 148 Å². The lowest BCUT2D eigenvalue weighted by atomic mass is 10.00. The molecule has 7 heteroatoms. The van der Waals surface area contributed by atoms with Gasteiger partial charge in [0, 0.05) is 12.0 Å². The van der Waals surface area contributed by atoms with Crippen molar-refractivity contribution in [2.75, 3.05) is 6.61 Å². The summed E-state index contributed by atoms with van der Waals surface area (Å²) in [4.78, 5) is 11.6. The van der Waals surface area contributed by atoms with Crippen LogP contribution in [0.2, 0.25) is 0 Å². The second kappa shape index (κ2) is 7.11. The maximum atomic E-state index is 12.6. The van der Waals surface area contributed by atoms with E-state index in [4.69, 9.17) is 9.47 Å². The fourth-order valence-corrected chi connectivity index (χ4v) is 2.70. The quantitative estimate of drug-likeness (QED) is 0.806. The minimum Gasteiger partial charge on any atom is -0.489 e. The van der Waals surface area contributed by atoms with Crippen LogP contribution in [0.3, 0.4) is 0 Å². The zero-order chi connectivity index (χ0) is 18.7. The number of fused-ring (bicyclic) bond motifs is 1. The number of rotatable bonds is 4. The molecule has 4 nitrogen and oxygen atoms in total. The van der Waals surface area contributed by atoms with Gasteiger partial charge >= 0.3 is 6.18 Å². The van der Waals surface area contributed by atoms with Gasteiger partial charge in [0.15, 0.2) is 11.5 Å². The number of ether oxygens (including phenoxy) is 2. The number of para-hydroxylation sites is 1. The van der Waals surface area contributed by atoms with Crippen LogP contribution in [-0.4, -0.2) is 12.5 Å². The highest BCUT2D eigenvalue weighted by Crippen LogP contribution is 2.41. The first-order chi connectivity index (χ1) is 12.4. The summed E-state index contributed by atoms with van der Waals surface area (Å²) in [6, 6.07) is 9.37. The molecule has 0 aromatic heterocycles. The highest BCUT2D eigenvalue weighted by Gasteiger charge is 2.30. The smallest absolute Gasteiger partial charge is 0.416 e. The molecule has 3 rings (SSSR count). The van der Waals surface area contributed by atoms with E-state index in [-0.39, 0.29) is 17.7 Å². The summed E-state index contributed by atoms with van der Waals surface area (Å²) in [5.74, 6) is 0.803. The number of benzene rings is 2. The molecular formula is C19H16F3NO3. The SMILES string of the molecule is C=CC(=O)NC1CCOc2c(Oc3ccc(C(F)(F)F)cc3)cccc21. The normalized spacial score (nSPS) is 16.2. The summed E-state index contributed by atoms with van der Waals surface area (Å²) in [5.41, 5.74) is -0.000691. The number of carbonyl (C=O) groups excluding carboxylic acids is 1. The molecule has 0 spiro atoms. The summed E-state index contributed by atoms with van der Waals surface area (Å²) < 4.78 is 49.3. The molecule has 0 fully saturated rings. The first-order valence-electron chi connectivity index (χ1n) is 7.92. The van der Waals surface area contributed by atoms with Gasteiger partial charge in [-0.05, 0) is 36.4 Å². The van der Waals surface area contributed by atoms with Crippen molar-refractivity contribution in [1.82, 2.24) is 5.32 Å². The summed E-state index contributed by atoms with van der Waals surface area (Å²) in [6.45, 7) is 3.81. The van der Waals surface area contributed by atoms with E-state index in [1.165, 1.54) is 18.2 Å². The molecule has 0 saturated heterocycles. The molecule has 0 radical (unpaired) electrons. The topological polar surface area (TPSA) is 47.6 Å². The number of hydrogen-bond acceptors (Lipinski definition) is 3. The summed E-state index contributed by atoms with van der Waals surface area (Å²) >= 11 is 0. The van der Waals surface area contributed by atoms with E-state index in [2.05, 4.69) is 11.9 Å². The van der Waals surface area contributed by atoms with Gasteiger partial charge in [0.05, 0.1) is 18.2 Å². The molecule has 1 aliphatic heterocycles. The Hall–Kier alpha value is -2.96. The van der Waals surface area contributed by atoms with Crippen molar-refractivity contribution in [3.05, 3.63) is 66.2 Å². The van der Waals surface area contributed by atoms with Crippen molar-refractivity contribution in [3.63, 3.8) is 0 Å². The van der Waals surface area contributed by atoms with Gasteiger partial charge in [0.25, 0.3) is 0 Å². The van der Waals surface area contributed by atoms with Gasteiger partial charge in [0.2, 0.25) is 5.91 Å². The molecule has 0 saturated carbocycles. The highest BCUT2D eigenvalue weighted by atomic mass is 19.4. The van der Waals surface area contributed by atoms with E-state index < -0.39 is 11.7 Å². The standard InChI is InChI=1S/C19H16F3NO3/c1-2-17(24)23-15-10-11-25-18-14(15)4-3-5-16(18)26-13-8-6-12(7-9-13)19(20,21)22/h2-9,15H,1,10-11H2,(H,23,24). The molecule has 136 valence electrons. The minimum absolute atomic E-state index is 0.250. The van der Waals surface area contributed by atoms with Crippen molar-refractivity contribution >= 4 is 5.91 Å². The maximum absolute atomic E-state index is 12.6. The lowest BCUT2D eigenvalue weighted by molar-refractivity contribution is -0.137. The Bertz CT molecular complexity index is 816. The van der Waals surface area contributed by atoms with Gasteiger partial charge in [0.1, 0.15) is 5.75 Å². The summed E-state index contributed by atoms with van der Waals surface area (Å²) in [5, 5.41) is 2.82. The Morgan fingerprint density at radius 1 is 1.23 bits per heavy atom. The van der Waals surface area contributed by atoms with Crippen LogP contribution in [0.5, 0.6) is 17.2 Å². The van der Waals surface area contributed by atoms with Crippen LogP contribution in [0.15, 0.2) is 55.1 Å². The minimum atomic E-state index is -4.40. The molecule has 1 N–H and O–H groups in total. The zero-order valence-electron chi connectivity index (χ0n) is 13.7. The van der Waals surface area contributed by atoms with Crippen molar-refractivity contribution in [3.8, 4) is 17.2 Å². The van der Waals surface area contributed by atoms with Gasteiger partial charge in [-0.3, -0.25) is 4.79 Å². The Morgan fingerprint density at radius 2 is 1.96 bits per heavy atom. The Balaban J connectivity index is 1.84. The van der Waals surface area contributed by atoms with E-state index in [0.29, 0.717) is 24.5 Å². The van der Waals surface area contributed by atoms with Crippen LogP contribution in [0.4, 0.5) is 13.2 Å². The van der Waals surface area contributed by atoms with E-state index in [9.17, 15) is 18.0 Å². The molecule has 1 aliphatic rings. The molecule has 0 aliphatic carbocycles. The molecular weight excluding hydrogens is 347 g/mol. The third kappa shape index (κ3) is 3.82. The molecule has 1 unspecified atom stereocenters. The first-order valence-corrected chi connectivity index (χ1v) is 7.92. The van der Waals surface area contributed by atoms with Crippen molar-refractivity contribution in [2.45, 2.75) is 18.6 Å². The molecule has 1 atom stereocenters. The van der Waals surface area contributed by atoms with Crippen LogP contribution < -0.4 is 14.8 Å². The molecule has 2 aromatic carbocycles. The van der Waals surface area contributed by atoms with Crippen molar-refractivity contribution < 1.29 is 27.4 Å². The third-order valence-corrected chi connectivity index (χ3v) is 3.95. The van der Waals surface area contributed by atoms with E-state index in [0.717, 1.165) is 17.7 Å². The number of carbonyl (C=O) groups is 1. The van der Waals surface area contributed by atoms with Crippen LogP contribution in [0, 0.1) is 0 Å². The summed E-state index contributed by atoms with van der Waals surface area (Å²) in [7, 11) is 0. The number of alkyl halides is 3. The van der Waals surface area contributed by atoms with Crippen LogP contribution >= 0.6 is 0 Å². The van der Waals surface area contributed by atoms with Gasteiger partial charge in [-0.1, -0.05) is 18.7 Å². The highest BCUT2D eigenvalue weighted by molar-refractivity contribution is 5.87. The van der Waals surface area contributed by atoms with Gasteiger partial charge in [-0.15, -0.1) is 0 Å². The average molecular weight is 363 g/mol. The van der Waals surface area contributed by atoms with Crippen molar-refractivity contribution in [1.29, 1.82) is 0 Å².